The summed E-state index contributed by atoms with van der Waals surface area (Å²) in [5, 5.41) is 20.1. The van der Waals surface area contributed by atoms with E-state index in [0.29, 0.717) is 43.5 Å². The number of benzene rings is 2. The summed E-state index contributed by atoms with van der Waals surface area (Å²) in [5.74, 6) is -3.86. The topological polar surface area (TPSA) is 193 Å². The van der Waals surface area contributed by atoms with Crippen LogP contribution in [0.25, 0.3) is 43.8 Å². The maximum absolute atomic E-state index is 15.0. The van der Waals surface area contributed by atoms with Crippen molar-refractivity contribution in [1.29, 1.82) is 10.5 Å². The summed E-state index contributed by atoms with van der Waals surface area (Å²) in [6.45, 7) is 4.78. The first-order valence-corrected chi connectivity index (χ1v) is 24.8. The maximum atomic E-state index is 15.0. The lowest BCUT2D eigenvalue weighted by molar-refractivity contribution is -0.140. The number of hydrogen-bond donors (Lipinski definition) is 0. The van der Waals surface area contributed by atoms with E-state index in [4.69, 9.17) is 18.9 Å². The molecule has 0 spiro atoms. The molecule has 16 heteroatoms. The molecular formula is C52H56N4O10S2. The minimum absolute atomic E-state index is 0.0409. The summed E-state index contributed by atoms with van der Waals surface area (Å²) in [4.78, 5) is 89.7. The molecule has 0 saturated carbocycles. The number of rotatable bonds is 26. The Balaban J connectivity index is 1.55. The van der Waals surface area contributed by atoms with E-state index >= 15 is 0 Å². The van der Waals surface area contributed by atoms with E-state index in [0.717, 1.165) is 64.2 Å². The molecule has 0 bridgehead atoms. The highest BCUT2D eigenvalue weighted by molar-refractivity contribution is 7.16. The molecule has 0 unspecified atom stereocenters. The van der Waals surface area contributed by atoms with Crippen molar-refractivity contribution in [3.8, 4) is 33.0 Å². The van der Waals surface area contributed by atoms with E-state index in [2.05, 4.69) is 13.8 Å². The number of thiophene rings is 2. The van der Waals surface area contributed by atoms with Crippen molar-refractivity contribution in [2.75, 3.05) is 53.7 Å². The quantitative estimate of drug-likeness (QED) is 0.0190. The summed E-state index contributed by atoms with van der Waals surface area (Å²) in [5.41, 5.74) is 0.894. The third kappa shape index (κ3) is 11.5. The lowest BCUT2D eigenvalue weighted by Crippen LogP contribution is -2.44. The molecular weight excluding hydrogens is 905 g/mol. The van der Waals surface area contributed by atoms with Crippen molar-refractivity contribution in [2.45, 2.75) is 90.9 Å². The van der Waals surface area contributed by atoms with Crippen LogP contribution in [0.15, 0.2) is 47.5 Å². The Morgan fingerprint density at radius 3 is 1.29 bits per heavy atom. The molecule has 0 radical (unpaired) electrons. The zero-order chi connectivity index (χ0) is 48.7. The van der Waals surface area contributed by atoms with Crippen LogP contribution in [-0.4, -0.2) is 99.1 Å². The molecule has 2 aliphatic heterocycles. The Morgan fingerprint density at radius 2 is 0.926 bits per heavy atom. The first-order chi connectivity index (χ1) is 33.0. The average Bonchev–Trinajstić information content (AvgIpc) is 4.02. The number of nitrogens with zero attached hydrogens (tertiary/aromatic N) is 4. The third-order valence-electron chi connectivity index (χ3n) is 11.8. The number of hydrogen-bond acceptors (Lipinski definition) is 14. The van der Waals surface area contributed by atoms with Crippen LogP contribution in [0.4, 0.5) is 0 Å². The van der Waals surface area contributed by atoms with Crippen molar-refractivity contribution in [2.24, 2.45) is 0 Å². The monoisotopic (exact) mass is 960 g/mol. The van der Waals surface area contributed by atoms with Crippen LogP contribution in [0, 0.1) is 22.7 Å². The molecule has 0 aliphatic carbocycles. The molecule has 4 heterocycles. The van der Waals surface area contributed by atoms with E-state index in [1.807, 2.05) is 12.1 Å². The van der Waals surface area contributed by atoms with Gasteiger partial charge in [-0.25, -0.2) is 9.59 Å². The number of imide groups is 2. The van der Waals surface area contributed by atoms with Crippen LogP contribution in [0.1, 0.15) is 142 Å². The fraction of sp³-hybridized carbons (Fsp3) is 0.423. The summed E-state index contributed by atoms with van der Waals surface area (Å²) in [6.07, 6.45) is 13.8. The molecule has 356 valence electrons. The Morgan fingerprint density at radius 1 is 0.544 bits per heavy atom. The van der Waals surface area contributed by atoms with Gasteiger partial charge in [-0.15, -0.1) is 22.7 Å². The van der Waals surface area contributed by atoms with Gasteiger partial charge in [-0.1, -0.05) is 78.1 Å². The molecule has 0 fully saturated rings. The Hall–Kier alpha value is -6.30. The smallest absolute Gasteiger partial charge is 0.349 e. The van der Waals surface area contributed by atoms with Gasteiger partial charge >= 0.3 is 11.9 Å². The highest BCUT2D eigenvalue weighted by Gasteiger charge is 2.43. The molecule has 4 aromatic rings. The molecule has 0 saturated heterocycles. The second kappa shape index (κ2) is 24.6. The van der Waals surface area contributed by atoms with Crippen LogP contribution < -0.4 is 0 Å². The number of nitriles is 2. The summed E-state index contributed by atoms with van der Waals surface area (Å²) in [7, 11) is 2.93. The van der Waals surface area contributed by atoms with Gasteiger partial charge in [0.25, 0.3) is 23.6 Å². The third-order valence-corrected chi connectivity index (χ3v) is 14.0. The molecule has 2 aliphatic rings. The van der Waals surface area contributed by atoms with Crippen molar-refractivity contribution >= 4 is 81.2 Å². The zero-order valence-corrected chi connectivity index (χ0v) is 40.7. The van der Waals surface area contributed by atoms with Gasteiger partial charge in [0.15, 0.2) is 0 Å². The lowest BCUT2D eigenvalue weighted by Gasteiger charge is -2.34. The van der Waals surface area contributed by atoms with Gasteiger partial charge < -0.3 is 18.9 Å². The fourth-order valence-electron chi connectivity index (χ4n) is 8.36. The molecule has 6 rings (SSSR count). The summed E-state index contributed by atoms with van der Waals surface area (Å²) in [6, 6.07) is 13.9. The van der Waals surface area contributed by atoms with E-state index < -0.39 is 35.6 Å². The highest BCUT2D eigenvalue weighted by atomic mass is 32.1. The Bertz CT molecular complexity index is 2530. The van der Waals surface area contributed by atoms with Crippen molar-refractivity contribution in [3.63, 3.8) is 0 Å². The largest absolute Gasteiger partial charge is 0.459 e. The van der Waals surface area contributed by atoms with Gasteiger partial charge in [-0.05, 0) is 61.4 Å². The molecule has 2 aromatic heterocycles. The first-order valence-electron chi connectivity index (χ1n) is 23.2. The van der Waals surface area contributed by atoms with Crippen molar-refractivity contribution in [3.05, 3.63) is 79.6 Å². The predicted octanol–water partition coefficient (Wildman–Crippen LogP) is 10.4. The van der Waals surface area contributed by atoms with Crippen molar-refractivity contribution < 1.29 is 47.7 Å². The Kier molecular flexibility index (Phi) is 18.5. The highest BCUT2D eigenvalue weighted by Crippen LogP contribution is 2.48. The van der Waals surface area contributed by atoms with Crippen LogP contribution >= 0.6 is 22.7 Å². The molecule has 2 aromatic carbocycles. The number of methoxy groups -OCH3 is 2. The first kappa shape index (κ1) is 51.1. The van der Waals surface area contributed by atoms with Crippen LogP contribution in [0.5, 0.6) is 0 Å². The van der Waals surface area contributed by atoms with E-state index in [9.17, 15) is 39.3 Å². The lowest BCUT2D eigenvalue weighted by atomic mass is 9.80. The zero-order valence-electron chi connectivity index (χ0n) is 39.0. The minimum atomic E-state index is -0.822. The van der Waals surface area contributed by atoms with Crippen LogP contribution in [-0.2, 0) is 28.5 Å². The summed E-state index contributed by atoms with van der Waals surface area (Å²) >= 11 is 2.37. The normalized spacial score (nSPS) is 13.6. The number of ether oxygens (including phenoxy) is 4. The van der Waals surface area contributed by atoms with Crippen LogP contribution in [0.2, 0.25) is 0 Å². The van der Waals surface area contributed by atoms with E-state index in [1.54, 1.807) is 36.4 Å². The van der Waals surface area contributed by atoms with Gasteiger partial charge in [-0.2, -0.15) is 10.5 Å². The maximum Gasteiger partial charge on any atom is 0.349 e. The number of unbranched alkanes of at least 4 members (excludes halogenated alkanes) is 10. The van der Waals surface area contributed by atoms with Gasteiger partial charge in [0.05, 0.1) is 24.3 Å². The van der Waals surface area contributed by atoms with Gasteiger partial charge in [0, 0.05) is 79.8 Å². The van der Waals surface area contributed by atoms with E-state index in [-0.39, 0.29) is 83.7 Å². The van der Waals surface area contributed by atoms with Gasteiger partial charge in [0.2, 0.25) is 0 Å². The van der Waals surface area contributed by atoms with Gasteiger partial charge in [0.1, 0.15) is 36.5 Å². The summed E-state index contributed by atoms with van der Waals surface area (Å²) < 4.78 is 20.3. The van der Waals surface area contributed by atoms with Crippen molar-refractivity contribution in [1.82, 2.24) is 9.80 Å². The predicted molar refractivity (Wildman–Crippen MR) is 261 cm³/mol. The molecule has 0 atom stereocenters. The number of carbonyl (C=O) groups is 6. The standard InChI is InChI=1S/C52H56N4O10S2/c1-5-7-9-11-13-15-21-55-47(57)39-29-38(42-20-18-36(68-42)28-34(32-54)52(62)66-26-24-64-4)46-44-40(48(58)56(50(46)60)22-16-14-12-10-8-6-2)30-37(45(43(39)44)49(55)59)41-19-17-35(67-41)27-33(31-53)51(61)65-25-23-63-3/h17-20,27-30H,5-16,21-26H2,1-4H3/b33-27+,34-28+. The fourth-order valence-corrected chi connectivity index (χ4v) is 10.3. The molecule has 0 N–H and O–H groups in total. The van der Waals surface area contributed by atoms with Crippen LogP contribution in [0.3, 0.4) is 0 Å². The second-order valence-electron chi connectivity index (χ2n) is 16.5. The molecule has 4 amide bonds. The van der Waals surface area contributed by atoms with E-state index in [1.165, 1.54) is 58.8 Å². The number of esters is 2. The second-order valence-corrected chi connectivity index (χ2v) is 18.7. The van der Waals surface area contributed by atoms with Gasteiger partial charge in [-0.3, -0.25) is 29.0 Å². The number of carbonyl (C=O) groups excluding carboxylic acids is 6. The molecule has 14 nitrogen and oxygen atoms in total. The number of amides is 4. The SMILES string of the molecule is CCCCCCCCN1C(=O)c2cc(-c3ccc(/C=C(\C#N)C(=O)OCCOC)s3)c3c4c(cc(-c5ccc(/C=C(\C#N)C(=O)OCCOC)s5)c(c24)C1=O)C(=O)N(CCCCCCCC)C3=O. The average molecular weight is 961 g/mol. The molecule has 68 heavy (non-hydrogen) atoms. The minimum Gasteiger partial charge on any atom is -0.459 e. The Labute approximate surface area is 404 Å².